The SMILES string of the molecule is CCCC(C)C1(CNC)CCOC1C1CC1. The van der Waals surface area contributed by atoms with Gasteiger partial charge in [0.15, 0.2) is 0 Å². The predicted molar refractivity (Wildman–Crippen MR) is 67.5 cm³/mol. The Balaban J connectivity index is 2.11. The second-order valence-electron chi connectivity index (χ2n) is 5.83. The van der Waals surface area contributed by atoms with Crippen LogP contribution in [0.4, 0.5) is 0 Å². The largest absolute Gasteiger partial charge is 0.377 e. The molecule has 1 aliphatic carbocycles. The molecule has 1 heterocycles. The van der Waals surface area contributed by atoms with Crippen LogP contribution in [0.3, 0.4) is 0 Å². The summed E-state index contributed by atoms with van der Waals surface area (Å²) in [5, 5.41) is 3.42. The van der Waals surface area contributed by atoms with Gasteiger partial charge >= 0.3 is 0 Å². The lowest BCUT2D eigenvalue weighted by Gasteiger charge is -2.40. The predicted octanol–water partition coefficient (Wildman–Crippen LogP) is 2.83. The highest BCUT2D eigenvalue weighted by atomic mass is 16.5. The quantitative estimate of drug-likeness (QED) is 0.750. The molecule has 1 saturated heterocycles. The molecular weight excluding hydrogens is 198 g/mol. The summed E-state index contributed by atoms with van der Waals surface area (Å²) in [4.78, 5) is 0. The van der Waals surface area contributed by atoms with Crippen LogP contribution in [0.25, 0.3) is 0 Å². The minimum atomic E-state index is 0.423. The minimum absolute atomic E-state index is 0.423. The molecule has 0 aromatic heterocycles. The molecule has 16 heavy (non-hydrogen) atoms. The van der Waals surface area contributed by atoms with E-state index in [0.29, 0.717) is 11.5 Å². The smallest absolute Gasteiger partial charge is 0.0674 e. The first kappa shape index (κ1) is 12.4. The first-order chi connectivity index (χ1) is 7.74. The Morgan fingerprint density at radius 1 is 1.44 bits per heavy atom. The van der Waals surface area contributed by atoms with Crippen molar-refractivity contribution < 1.29 is 4.74 Å². The van der Waals surface area contributed by atoms with E-state index in [1.54, 1.807) is 0 Å². The van der Waals surface area contributed by atoms with Crippen molar-refractivity contribution in [2.75, 3.05) is 20.2 Å². The minimum Gasteiger partial charge on any atom is -0.377 e. The van der Waals surface area contributed by atoms with Crippen molar-refractivity contribution in [2.24, 2.45) is 17.3 Å². The van der Waals surface area contributed by atoms with Crippen molar-refractivity contribution in [3.05, 3.63) is 0 Å². The molecule has 3 atom stereocenters. The third-order valence-corrected chi connectivity index (χ3v) is 4.69. The van der Waals surface area contributed by atoms with Crippen LogP contribution in [0, 0.1) is 17.3 Å². The van der Waals surface area contributed by atoms with Gasteiger partial charge in [-0.3, -0.25) is 0 Å². The Bertz CT molecular complexity index is 227. The van der Waals surface area contributed by atoms with E-state index in [2.05, 4.69) is 26.2 Å². The first-order valence-electron chi connectivity index (χ1n) is 7.00. The maximum Gasteiger partial charge on any atom is 0.0674 e. The number of ether oxygens (including phenoxy) is 1. The zero-order chi connectivity index (χ0) is 11.6. The van der Waals surface area contributed by atoms with Crippen LogP contribution in [-0.4, -0.2) is 26.3 Å². The molecule has 1 saturated carbocycles. The normalized spacial score (nSPS) is 36.6. The van der Waals surface area contributed by atoms with Gasteiger partial charge in [0.25, 0.3) is 0 Å². The Morgan fingerprint density at radius 2 is 2.19 bits per heavy atom. The summed E-state index contributed by atoms with van der Waals surface area (Å²) in [7, 11) is 2.09. The van der Waals surface area contributed by atoms with E-state index in [9.17, 15) is 0 Å². The molecule has 0 amide bonds. The molecular formula is C14H27NO. The van der Waals surface area contributed by atoms with Crippen LogP contribution in [0.5, 0.6) is 0 Å². The molecule has 2 nitrogen and oxygen atoms in total. The lowest BCUT2D eigenvalue weighted by atomic mass is 9.68. The highest BCUT2D eigenvalue weighted by Gasteiger charge is 2.52. The molecule has 3 unspecified atom stereocenters. The van der Waals surface area contributed by atoms with Crippen molar-refractivity contribution in [3.63, 3.8) is 0 Å². The Hall–Kier alpha value is -0.0800. The lowest BCUT2D eigenvalue weighted by molar-refractivity contribution is 0.00208. The standard InChI is InChI=1S/C14H27NO/c1-4-5-11(2)14(10-15-3)8-9-16-13(14)12-6-7-12/h11-13,15H,4-10H2,1-3H3. The van der Waals surface area contributed by atoms with Gasteiger partial charge in [-0.05, 0) is 38.1 Å². The average Bonchev–Trinajstić information content (AvgIpc) is 3.01. The molecule has 0 bridgehead atoms. The summed E-state index contributed by atoms with van der Waals surface area (Å²) in [6, 6.07) is 0. The fraction of sp³-hybridized carbons (Fsp3) is 1.00. The molecule has 2 rings (SSSR count). The van der Waals surface area contributed by atoms with Gasteiger partial charge in [0.05, 0.1) is 6.10 Å². The molecule has 94 valence electrons. The van der Waals surface area contributed by atoms with E-state index in [4.69, 9.17) is 4.74 Å². The van der Waals surface area contributed by atoms with E-state index in [0.717, 1.165) is 25.0 Å². The Morgan fingerprint density at radius 3 is 2.75 bits per heavy atom. The second-order valence-corrected chi connectivity index (χ2v) is 5.83. The maximum atomic E-state index is 6.07. The van der Waals surface area contributed by atoms with E-state index >= 15 is 0 Å². The van der Waals surface area contributed by atoms with Gasteiger partial charge in [0.2, 0.25) is 0 Å². The summed E-state index contributed by atoms with van der Waals surface area (Å²) >= 11 is 0. The summed E-state index contributed by atoms with van der Waals surface area (Å²) in [6.07, 6.45) is 7.24. The summed E-state index contributed by atoms with van der Waals surface area (Å²) in [5.41, 5.74) is 0.423. The zero-order valence-electron chi connectivity index (χ0n) is 11.1. The highest BCUT2D eigenvalue weighted by molar-refractivity contribution is 5.02. The third kappa shape index (κ3) is 2.14. The highest BCUT2D eigenvalue weighted by Crippen LogP contribution is 2.52. The maximum absolute atomic E-state index is 6.07. The molecule has 1 N–H and O–H groups in total. The van der Waals surface area contributed by atoms with Gasteiger partial charge < -0.3 is 10.1 Å². The summed E-state index contributed by atoms with van der Waals surface area (Å²) in [6.45, 7) is 6.85. The van der Waals surface area contributed by atoms with Crippen LogP contribution in [0.1, 0.15) is 46.0 Å². The lowest BCUT2D eigenvalue weighted by Crippen LogP contribution is -2.45. The van der Waals surface area contributed by atoms with Crippen LogP contribution >= 0.6 is 0 Å². The van der Waals surface area contributed by atoms with Gasteiger partial charge in [-0.2, -0.15) is 0 Å². The van der Waals surface area contributed by atoms with Crippen molar-refractivity contribution in [1.29, 1.82) is 0 Å². The molecule has 2 fully saturated rings. The van der Waals surface area contributed by atoms with Crippen molar-refractivity contribution in [1.82, 2.24) is 5.32 Å². The molecule has 2 aliphatic rings. The molecule has 0 aromatic rings. The number of hydrogen-bond donors (Lipinski definition) is 1. The van der Waals surface area contributed by atoms with E-state index < -0.39 is 0 Å². The van der Waals surface area contributed by atoms with Crippen LogP contribution in [0.2, 0.25) is 0 Å². The molecule has 1 aliphatic heterocycles. The molecule has 2 heteroatoms. The average molecular weight is 225 g/mol. The van der Waals surface area contributed by atoms with E-state index in [-0.39, 0.29) is 0 Å². The fourth-order valence-corrected chi connectivity index (χ4v) is 3.63. The van der Waals surface area contributed by atoms with Crippen molar-refractivity contribution in [2.45, 2.75) is 52.1 Å². The topological polar surface area (TPSA) is 21.3 Å². The monoisotopic (exact) mass is 225 g/mol. The van der Waals surface area contributed by atoms with Gasteiger partial charge in [-0.25, -0.2) is 0 Å². The zero-order valence-corrected chi connectivity index (χ0v) is 11.1. The molecule has 0 spiro atoms. The van der Waals surface area contributed by atoms with Gasteiger partial charge in [-0.15, -0.1) is 0 Å². The summed E-state index contributed by atoms with van der Waals surface area (Å²) < 4.78 is 6.07. The first-order valence-corrected chi connectivity index (χ1v) is 7.00. The molecule has 0 radical (unpaired) electrons. The van der Waals surface area contributed by atoms with Crippen LogP contribution < -0.4 is 5.32 Å². The van der Waals surface area contributed by atoms with Gasteiger partial charge in [-0.1, -0.05) is 26.7 Å². The van der Waals surface area contributed by atoms with Crippen LogP contribution in [0.15, 0.2) is 0 Å². The Kier molecular flexibility index (Phi) is 3.91. The number of rotatable bonds is 6. The van der Waals surface area contributed by atoms with Crippen LogP contribution in [-0.2, 0) is 4.74 Å². The van der Waals surface area contributed by atoms with Gasteiger partial charge in [0, 0.05) is 18.6 Å². The summed E-state index contributed by atoms with van der Waals surface area (Å²) in [5.74, 6) is 1.66. The Labute approximate surface area is 100 Å². The van der Waals surface area contributed by atoms with E-state index in [1.807, 2.05) is 0 Å². The van der Waals surface area contributed by atoms with Gasteiger partial charge in [0.1, 0.15) is 0 Å². The second kappa shape index (κ2) is 5.05. The van der Waals surface area contributed by atoms with E-state index in [1.165, 1.54) is 32.1 Å². The van der Waals surface area contributed by atoms with Crippen molar-refractivity contribution in [3.8, 4) is 0 Å². The number of nitrogens with one attached hydrogen (secondary N) is 1. The van der Waals surface area contributed by atoms with Crippen molar-refractivity contribution >= 4 is 0 Å². The fourth-order valence-electron chi connectivity index (χ4n) is 3.63. The third-order valence-electron chi connectivity index (χ3n) is 4.69. The molecule has 0 aromatic carbocycles. The number of hydrogen-bond acceptors (Lipinski definition) is 2.